The lowest BCUT2D eigenvalue weighted by atomic mass is 9.93. The smallest absolute Gasteiger partial charge is 0.343 e. The number of fused-ring (bicyclic) bond motifs is 1. The zero-order chi connectivity index (χ0) is 29.3. The van der Waals surface area contributed by atoms with Gasteiger partial charge in [-0.25, -0.2) is 14.2 Å². The SMILES string of the molecule is CCOC(=O)c1cn([C@H](CCC(C)(C)[Si](C)(C)O)C(C)C)c2c(Cl)nc(Cc3cccc(Cl)c3F)cc2c1=O. The average molecular weight is 596 g/mol. The Labute approximate surface area is 240 Å². The number of aromatic nitrogens is 2. The molecule has 0 saturated heterocycles. The first-order chi connectivity index (χ1) is 18.1. The molecule has 0 spiro atoms. The molecule has 0 amide bonds. The van der Waals surface area contributed by atoms with Crippen molar-refractivity contribution in [2.45, 2.75) is 78.1 Å². The highest BCUT2D eigenvalue weighted by molar-refractivity contribution is 6.72. The number of halogens is 3. The van der Waals surface area contributed by atoms with Crippen molar-refractivity contribution in [3.8, 4) is 0 Å². The third-order valence-electron chi connectivity index (χ3n) is 7.77. The van der Waals surface area contributed by atoms with Crippen LogP contribution in [0.15, 0.2) is 35.3 Å². The fourth-order valence-electron chi connectivity index (χ4n) is 4.58. The monoisotopic (exact) mass is 594 g/mol. The molecule has 1 atom stereocenters. The molecule has 0 unspecified atom stereocenters. The van der Waals surface area contributed by atoms with Crippen LogP contribution in [0.5, 0.6) is 0 Å². The van der Waals surface area contributed by atoms with Gasteiger partial charge in [-0.2, -0.15) is 0 Å². The fourth-order valence-corrected chi connectivity index (χ4v) is 5.84. The van der Waals surface area contributed by atoms with Crippen molar-refractivity contribution in [1.29, 1.82) is 0 Å². The third-order valence-corrected chi connectivity index (χ3v) is 11.9. The van der Waals surface area contributed by atoms with Crippen LogP contribution in [-0.4, -0.2) is 35.2 Å². The second-order valence-corrected chi connectivity index (χ2v) is 16.7. The van der Waals surface area contributed by atoms with Gasteiger partial charge in [0.2, 0.25) is 5.43 Å². The van der Waals surface area contributed by atoms with Gasteiger partial charge in [-0.15, -0.1) is 0 Å². The second kappa shape index (κ2) is 12.1. The van der Waals surface area contributed by atoms with Gasteiger partial charge in [0, 0.05) is 24.4 Å². The van der Waals surface area contributed by atoms with Crippen LogP contribution in [0.2, 0.25) is 28.3 Å². The Balaban J connectivity index is 2.24. The molecule has 212 valence electrons. The van der Waals surface area contributed by atoms with E-state index in [4.69, 9.17) is 27.9 Å². The molecule has 0 radical (unpaired) electrons. The van der Waals surface area contributed by atoms with E-state index < -0.39 is 25.5 Å². The number of hydrogen-bond acceptors (Lipinski definition) is 5. The summed E-state index contributed by atoms with van der Waals surface area (Å²) in [7, 11) is -2.47. The Morgan fingerprint density at radius 1 is 1.26 bits per heavy atom. The number of rotatable bonds is 10. The molecule has 39 heavy (non-hydrogen) atoms. The predicted octanol–water partition coefficient (Wildman–Crippen LogP) is 7.56. The minimum atomic E-state index is -2.47. The van der Waals surface area contributed by atoms with Crippen molar-refractivity contribution in [3.05, 3.63) is 73.5 Å². The Kier molecular flexibility index (Phi) is 9.69. The molecule has 2 aromatic heterocycles. The summed E-state index contributed by atoms with van der Waals surface area (Å²) in [5.41, 5.74) is 0.456. The first-order valence-electron chi connectivity index (χ1n) is 13.2. The molecule has 3 rings (SSSR count). The van der Waals surface area contributed by atoms with E-state index in [1.165, 1.54) is 12.3 Å². The minimum absolute atomic E-state index is 0.0110. The van der Waals surface area contributed by atoms with Crippen molar-refractivity contribution < 1.29 is 18.7 Å². The van der Waals surface area contributed by atoms with Gasteiger partial charge in [-0.1, -0.05) is 63.0 Å². The summed E-state index contributed by atoms with van der Waals surface area (Å²) in [6.07, 6.45) is 2.98. The molecular weight excluding hydrogens is 558 g/mol. The average Bonchev–Trinajstić information content (AvgIpc) is 2.82. The molecule has 1 aromatic carbocycles. The summed E-state index contributed by atoms with van der Waals surface area (Å²) in [4.78, 5) is 41.8. The fraction of sp³-hybridized carbons (Fsp3) is 0.483. The number of benzene rings is 1. The summed E-state index contributed by atoms with van der Waals surface area (Å²) >= 11 is 12.7. The van der Waals surface area contributed by atoms with Gasteiger partial charge in [-0.05, 0) is 61.5 Å². The molecule has 3 aromatic rings. The number of carbonyl (C=O) groups is 1. The highest BCUT2D eigenvalue weighted by Crippen LogP contribution is 2.43. The van der Waals surface area contributed by atoms with Crippen molar-refractivity contribution in [2.24, 2.45) is 5.92 Å². The lowest BCUT2D eigenvalue weighted by Crippen LogP contribution is -2.39. The number of ether oxygens (including phenoxy) is 1. The Morgan fingerprint density at radius 2 is 1.92 bits per heavy atom. The third kappa shape index (κ3) is 6.73. The molecule has 1 N–H and O–H groups in total. The van der Waals surface area contributed by atoms with Crippen LogP contribution in [-0.2, 0) is 11.2 Å². The van der Waals surface area contributed by atoms with E-state index in [1.54, 1.807) is 25.1 Å². The molecule has 6 nitrogen and oxygen atoms in total. The highest BCUT2D eigenvalue weighted by atomic mass is 35.5. The molecule has 0 fully saturated rings. The van der Waals surface area contributed by atoms with Crippen LogP contribution < -0.4 is 5.43 Å². The Morgan fingerprint density at radius 3 is 2.51 bits per heavy atom. The number of nitrogens with zero attached hydrogens (tertiary/aromatic N) is 2. The van der Waals surface area contributed by atoms with E-state index in [0.717, 1.165) is 6.42 Å². The molecule has 0 aliphatic heterocycles. The number of esters is 1. The van der Waals surface area contributed by atoms with Gasteiger partial charge in [0.1, 0.15) is 11.4 Å². The second-order valence-electron chi connectivity index (χ2n) is 11.5. The molecule has 0 aliphatic carbocycles. The molecular formula is C29H37Cl2FN2O4Si. The van der Waals surface area contributed by atoms with Gasteiger partial charge in [0.05, 0.1) is 22.5 Å². The summed E-state index contributed by atoms with van der Waals surface area (Å²) in [6.45, 7) is 13.9. The van der Waals surface area contributed by atoms with E-state index in [9.17, 15) is 18.8 Å². The first-order valence-corrected chi connectivity index (χ1v) is 16.9. The highest BCUT2D eigenvalue weighted by Gasteiger charge is 2.38. The van der Waals surface area contributed by atoms with Crippen LogP contribution >= 0.6 is 23.2 Å². The van der Waals surface area contributed by atoms with E-state index in [2.05, 4.69) is 32.7 Å². The van der Waals surface area contributed by atoms with Crippen LogP contribution in [0.1, 0.15) is 75.1 Å². The van der Waals surface area contributed by atoms with E-state index in [0.29, 0.717) is 23.2 Å². The topological polar surface area (TPSA) is 81.4 Å². The lowest BCUT2D eigenvalue weighted by molar-refractivity contribution is 0.0523. The number of hydrogen-bond donors (Lipinski definition) is 1. The van der Waals surface area contributed by atoms with Crippen LogP contribution in [0.4, 0.5) is 4.39 Å². The van der Waals surface area contributed by atoms with Gasteiger partial charge in [0.15, 0.2) is 13.5 Å². The summed E-state index contributed by atoms with van der Waals surface area (Å²) in [6, 6.07) is 6.09. The van der Waals surface area contributed by atoms with Crippen LogP contribution in [0.25, 0.3) is 10.9 Å². The molecule has 2 heterocycles. The zero-order valence-corrected chi connectivity index (χ0v) is 26.1. The summed E-state index contributed by atoms with van der Waals surface area (Å²) in [5.74, 6) is -1.19. The first kappa shape index (κ1) is 31.3. The van der Waals surface area contributed by atoms with E-state index in [-0.39, 0.29) is 51.2 Å². The van der Waals surface area contributed by atoms with Crippen LogP contribution in [0.3, 0.4) is 0 Å². The maximum Gasteiger partial charge on any atom is 0.343 e. The van der Waals surface area contributed by atoms with Crippen molar-refractivity contribution in [3.63, 3.8) is 0 Å². The normalized spacial score (nSPS) is 13.2. The standard InChI is InChI=1S/C29H37Cl2FN2O4Si/c1-8-38-28(36)21-16-34(23(17(2)3)12-13-29(4,5)39(6,7)37)25-20(26(21)35)15-19(33-27(25)31)14-18-10-9-11-22(30)24(18)32/h9-11,15-17,23,37H,8,12-14H2,1-7H3/t23-/m1/s1. The molecule has 10 heteroatoms. The zero-order valence-electron chi connectivity index (χ0n) is 23.6. The predicted molar refractivity (Wildman–Crippen MR) is 158 cm³/mol. The van der Waals surface area contributed by atoms with Gasteiger partial charge >= 0.3 is 5.97 Å². The number of carbonyl (C=O) groups excluding carboxylic acids is 1. The quantitative estimate of drug-likeness (QED) is 0.149. The minimum Gasteiger partial charge on any atom is -0.462 e. The maximum absolute atomic E-state index is 14.6. The Hall–Kier alpha value is -2.26. The number of pyridine rings is 2. The maximum atomic E-state index is 14.6. The van der Waals surface area contributed by atoms with Crippen molar-refractivity contribution in [1.82, 2.24) is 9.55 Å². The Bertz CT molecular complexity index is 1430. The van der Waals surface area contributed by atoms with Crippen molar-refractivity contribution >= 4 is 48.4 Å². The molecule has 0 aliphatic rings. The van der Waals surface area contributed by atoms with E-state index in [1.807, 2.05) is 17.7 Å². The lowest BCUT2D eigenvalue weighted by Gasteiger charge is -2.37. The molecule has 0 bridgehead atoms. The van der Waals surface area contributed by atoms with E-state index >= 15 is 0 Å². The molecule has 0 saturated carbocycles. The van der Waals surface area contributed by atoms with Gasteiger partial charge < -0.3 is 14.1 Å². The summed E-state index contributed by atoms with van der Waals surface area (Å²) in [5, 5.41) is 0.0111. The van der Waals surface area contributed by atoms with Gasteiger partial charge in [-0.3, -0.25) is 4.79 Å². The summed E-state index contributed by atoms with van der Waals surface area (Å²) < 4.78 is 21.7. The van der Waals surface area contributed by atoms with Gasteiger partial charge in [0.25, 0.3) is 0 Å². The van der Waals surface area contributed by atoms with Crippen molar-refractivity contribution in [2.75, 3.05) is 6.61 Å². The largest absolute Gasteiger partial charge is 0.462 e. The van der Waals surface area contributed by atoms with Crippen LogP contribution in [0, 0.1) is 11.7 Å².